The third-order valence-electron chi connectivity index (χ3n) is 7.22. The van der Waals surface area contributed by atoms with Gasteiger partial charge in [-0.1, -0.05) is 86.0 Å². The normalized spacial score (nSPS) is 13.0. The first-order valence-electron chi connectivity index (χ1n) is 15.0. The van der Waals surface area contributed by atoms with Crippen LogP contribution in [-0.4, -0.2) is 50.6 Å². The summed E-state index contributed by atoms with van der Waals surface area (Å²) in [6.07, 6.45) is 6.27. The first-order chi connectivity index (χ1) is 22.6. The maximum absolute atomic E-state index is 12.2. The van der Waals surface area contributed by atoms with Gasteiger partial charge in [0.15, 0.2) is 12.2 Å². The van der Waals surface area contributed by atoms with Gasteiger partial charge in [-0.2, -0.15) is 0 Å². The molecular weight excluding hydrogens is 584 g/mol. The van der Waals surface area contributed by atoms with Crippen LogP contribution in [0.15, 0.2) is 122 Å². The van der Waals surface area contributed by atoms with Gasteiger partial charge in [-0.25, -0.2) is 9.59 Å². The van der Waals surface area contributed by atoms with Crippen LogP contribution in [0.5, 0.6) is 23.0 Å². The molecule has 4 aromatic rings. The second kappa shape index (κ2) is 16.0. The maximum atomic E-state index is 12.2. The van der Waals surface area contributed by atoms with Gasteiger partial charge in [0.2, 0.25) is 0 Å². The van der Waals surface area contributed by atoms with Crippen LogP contribution in [-0.2, 0) is 31.9 Å². The van der Waals surface area contributed by atoms with Crippen molar-refractivity contribution in [2.24, 2.45) is 0 Å². The van der Waals surface area contributed by atoms with Crippen LogP contribution in [0.25, 0.3) is 10.8 Å². The highest BCUT2D eigenvalue weighted by Gasteiger charge is 2.25. The van der Waals surface area contributed by atoms with E-state index in [0.29, 0.717) is 35.8 Å². The van der Waals surface area contributed by atoms with Crippen LogP contribution in [0.1, 0.15) is 11.1 Å². The Morgan fingerprint density at radius 1 is 0.565 bits per heavy atom. The highest BCUT2D eigenvalue weighted by molar-refractivity contribution is 5.96. The van der Waals surface area contributed by atoms with Gasteiger partial charge >= 0.3 is 11.9 Å². The monoisotopic (exact) mass is 620 g/mol. The molecule has 46 heavy (non-hydrogen) atoms. The van der Waals surface area contributed by atoms with Crippen molar-refractivity contribution >= 4 is 22.7 Å². The number of para-hydroxylation sites is 2. The van der Waals surface area contributed by atoms with Gasteiger partial charge in [0.25, 0.3) is 0 Å². The quantitative estimate of drug-likeness (QED) is 0.0786. The number of allylic oxidation sites excluding steroid dienone is 2. The van der Waals surface area contributed by atoms with Crippen LogP contribution in [0.4, 0.5) is 0 Å². The number of ether oxygens (including phenoxy) is 6. The summed E-state index contributed by atoms with van der Waals surface area (Å²) in [5.74, 6) is 1.55. The van der Waals surface area contributed by atoms with E-state index in [1.807, 2.05) is 84.9 Å². The largest absolute Gasteiger partial charge is 0.490 e. The molecule has 0 fully saturated rings. The van der Waals surface area contributed by atoms with E-state index in [9.17, 15) is 9.59 Å². The summed E-state index contributed by atoms with van der Waals surface area (Å²) in [7, 11) is 0. The number of benzene rings is 4. The molecule has 0 radical (unpaired) electrons. The lowest BCUT2D eigenvalue weighted by atomic mass is 9.90. The van der Waals surface area contributed by atoms with Crippen LogP contribution < -0.4 is 18.9 Å². The lowest BCUT2D eigenvalue weighted by Crippen LogP contribution is -2.31. The molecule has 0 heterocycles. The van der Waals surface area contributed by atoms with Crippen molar-refractivity contribution in [3.8, 4) is 23.0 Å². The molecule has 2 atom stereocenters. The molecule has 8 heteroatoms. The van der Waals surface area contributed by atoms with Gasteiger partial charge < -0.3 is 28.4 Å². The van der Waals surface area contributed by atoms with Crippen molar-refractivity contribution in [2.45, 2.75) is 25.0 Å². The first kappa shape index (κ1) is 31.9. The Morgan fingerprint density at radius 2 is 0.935 bits per heavy atom. The average molecular weight is 621 g/mol. The topological polar surface area (TPSA) is 89.5 Å². The third-order valence-corrected chi connectivity index (χ3v) is 7.22. The van der Waals surface area contributed by atoms with Gasteiger partial charge in [-0.05, 0) is 37.1 Å². The van der Waals surface area contributed by atoms with Crippen molar-refractivity contribution in [1.82, 2.24) is 0 Å². The van der Waals surface area contributed by atoms with Gasteiger partial charge in [0.1, 0.15) is 49.4 Å². The molecule has 4 aromatic carbocycles. The van der Waals surface area contributed by atoms with Gasteiger partial charge in [-0.3, -0.25) is 0 Å². The fourth-order valence-electron chi connectivity index (χ4n) is 5.06. The molecule has 2 unspecified atom stereocenters. The Hall–Kier alpha value is -5.50. The minimum Gasteiger partial charge on any atom is -0.490 e. The Kier molecular flexibility index (Phi) is 11.1. The molecule has 5 rings (SSSR count). The number of carbonyl (C=O) groups is 2. The Bertz CT molecular complexity index is 1560. The van der Waals surface area contributed by atoms with E-state index in [4.69, 9.17) is 28.4 Å². The van der Waals surface area contributed by atoms with E-state index in [1.54, 1.807) is 0 Å². The lowest BCUT2D eigenvalue weighted by molar-refractivity contribution is -0.147. The molecule has 0 amide bonds. The Labute approximate surface area is 268 Å². The minimum atomic E-state index is -0.694. The zero-order valence-electron chi connectivity index (χ0n) is 25.5. The molecule has 0 saturated carbocycles. The zero-order chi connectivity index (χ0) is 32.1. The second-order valence-electron chi connectivity index (χ2n) is 10.4. The Balaban J connectivity index is 1.39. The smallest absolute Gasteiger partial charge is 0.330 e. The number of rotatable bonds is 16. The van der Waals surface area contributed by atoms with E-state index in [0.717, 1.165) is 34.1 Å². The van der Waals surface area contributed by atoms with Crippen molar-refractivity contribution in [2.75, 3.05) is 26.4 Å². The fourth-order valence-corrected chi connectivity index (χ4v) is 5.06. The van der Waals surface area contributed by atoms with Crippen LogP contribution in [0.3, 0.4) is 0 Å². The lowest BCUT2D eigenvalue weighted by Gasteiger charge is -2.26. The van der Waals surface area contributed by atoms with Crippen molar-refractivity contribution < 1.29 is 38.0 Å². The van der Waals surface area contributed by atoms with Gasteiger partial charge in [-0.15, -0.1) is 0 Å². The molecule has 0 aliphatic heterocycles. The number of hydrogen-bond acceptors (Lipinski definition) is 8. The summed E-state index contributed by atoms with van der Waals surface area (Å²) in [5, 5.41) is 1.67. The summed E-state index contributed by atoms with van der Waals surface area (Å²) in [6.45, 7) is 7.35. The number of fused-ring (bicyclic) bond motifs is 2. The predicted molar refractivity (Wildman–Crippen MR) is 176 cm³/mol. The van der Waals surface area contributed by atoms with Crippen molar-refractivity contribution in [1.29, 1.82) is 0 Å². The second-order valence-corrected chi connectivity index (χ2v) is 10.4. The van der Waals surface area contributed by atoms with E-state index < -0.39 is 24.1 Å². The van der Waals surface area contributed by atoms with Crippen molar-refractivity contribution in [3.05, 3.63) is 134 Å². The van der Waals surface area contributed by atoms with E-state index in [-0.39, 0.29) is 26.4 Å². The van der Waals surface area contributed by atoms with E-state index >= 15 is 0 Å². The molecule has 236 valence electrons. The van der Waals surface area contributed by atoms with Crippen LogP contribution in [0, 0.1) is 0 Å². The molecule has 0 N–H and O–H groups in total. The summed E-state index contributed by atoms with van der Waals surface area (Å²) in [5.41, 5.74) is 1.93. The fraction of sp³-hybridized carbons (Fsp3) is 0.211. The van der Waals surface area contributed by atoms with E-state index in [1.165, 1.54) is 0 Å². The Morgan fingerprint density at radius 3 is 1.33 bits per heavy atom. The summed E-state index contributed by atoms with van der Waals surface area (Å²) in [6, 6.07) is 26.4. The molecule has 0 saturated heterocycles. The third kappa shape index (κ3) is 8.35. The average Bonchev–Trinajstić information content (AvgIpc) is 3.11. The predicted octanol–water partition coefficient (Wildman–Crippen LogP) is 6.61. The summed E-state index contributed by atoms with van der Waals surface area (Å²) >= 11 is 0. The SMILES string of the molecule is C=CC(=O)OC(COc1ccccc1)COc1c2c(c(OCC(COc3ccccc3)OC(=O)C=C)c3ccccc13)CC=CC2. The number of carbonyl (C=O) groups excluding carboxylic acids is 2. The minimum absolute atomic E-state index is 0.0587. The molecule has 8 nitrogen and oxygen atoms in total. The molecule has 1 aliphatic carbocycles. The van der Waals surface area contributed by atoms with Crippen molar-refractivity contribution in [3.63, 3.8) is 0 Å². The standard InChI is InChI=1S/C38H36O8/c1-3-35(39)45-29(23-41-27-15-7-5-8-16-27)25-43-37-31-19-11-13-21-33(31)38(34-22-14-12-20-32(34)37)44-26-30(46-36(40)4-2)24-42-28-17-9-6-10-18-28/h3-19,21,29-30H,1-2,20,22-26H2. The molecular formula is C38H36O8. The number of esters is 2. The highest BCUT2D eigenvalue weighted by atomic mass is 16.6. The molecule has 0 spiro atoms. The zero-order valence-corrected chi connectivity index (χ0v) is 25.5. The molecule has 0 bridgehead atoms. The molecule has 1 aliphatic rings. The summed E-state index contributed by atoms with van der Waals surface area (Å²) in [4.78, 5) is 24.3. The van der Waals surface area contributed by atoms with Gasteiger partial charge in [0.05, 0.1) is 0 Å². The first-order valence-corrected chi connectivity index (χ1v) is 15.0. The van der Waals surface area contributed by atoms with Gasteiger partial charge in [0, 0.05) is 34.1 Å². The highest BCUT2D eigenvalue weighted by Crippen LogP contribution is 2.43. The number of hydrogen-bond donors (Lipinski definition) is 0. The summed E-state index contributed by atoms with van der Waals surface area (Å²) < 4.78 is 35.9. The molecule has 0 aromatic heterocycles. The van der Waals surface area contributed by atoms with Crippen LogP contribution >= 0.6 is 0 Å². The van der Waals surface area contributed by atoms with Crippen LogP contribution in [0.2, 0.25) is 0 Å². The maximum Gasteiger partial charge on any atom is 0.330 e. The van der Waals surface area contributed by atoms with E-state index in [2.05, 4.69) is 25.3 Å².